The molecule has 1 saturated heterocycles. The van der Waals surface area contributed by atoms with Crippen LogP contribution in [0, 0.1) is 5.92 Å². The Bertz CT molecular complexity index is 643. The summed E-state index contributed by atoms with van der Waals surface area (Å²) in [6.07, 6.45) is -0.857. The first-order chi connectivity index (χ1) is 9.57. The average molecular weight is 281 g/mol. The number of azide groups is 1. The number of rotatable bonds is 2. The van der Waals surface area contributed by atoms with Crippen LogP contribution in [0.4, 0.5) is 4.39 Å². The van der Waals surface area contributed by atoms with Gasteiger partial charge in [-0.15, -0.1) is 0 Å². The Labute approximate surface area is 112 Å². The molecule has 0 radical (unpaired) electrons. The fourth-order valence-electron chi connectivity index (χ4n) is 2.59. The Kier molecular flexibility index (Phi) is 2.88. The molecule has 1 fully saturated rings. The van der Waals surface area contributed by atoms with E-state index in [0.29, 0.717) is 0 Å². The van der Waals surface area contributed by atoms with E-state index in [4.69, 9.17) is 15.0 Å². The summed E-state index contributed by atoms with van der Waals surface area (Å²) in [5, 5.41) is 3.49. The molecule has 2 aliphatic rings. The largest absolute Gasteiger partial charge is 0.461 e. The predicted molar refractivity (Wildman–Crippen MR) is 64.9 cm³/mol. The van der Waals surface area contributed by atoms with Gasteiger partial charge in [0.25, 0.3) is 5.56 Å². The number of halogens is 1. The van der Waals surface area contributed by atoms with Crippen LogP contribution in [0.3, 0.4) is 0 Å². The normalized spacial score (nSPS) is 34.6. The smallest absolute Gasteiger partial charge is 0.302 e. The minimum atomic E-state index is -1.31. The molecule has 2 aliphatic heterocycles. The molecular formula is C11H12FN5O3. The zero-order chi connectivity index (χ0) is 14.3. The highest BCUT2D eigenvalue weighted by Crippen LogP contribution is 2.46. The van der Waals surface area contributed by atoms with E-state index in [0.717, 1.165) is 0 Å². The number of hydrogen-bond acceptors (Lipinski definition) is 5. The van der Waals surface area contributed by atoms with Crippen LogP contribution in [-0.2, 0) is 4.74 Å². The summed E-state index contributed by atoms with van der Waals surface area (Å²) in [6, 6.07) is 1.23. The van der Waals surface area contributed by atoms with Gasteiger partial charge in [-0.05, 0) is 5.53 Å². The molecule has 0 aliphatic carbocycles. The van der Waals surface area contributed by atoms with Gasteiger partial charge in [0, 0.05) is 23.1 Å². The van der Waals surface area contributed by atoms with E-state index in [1.54, 1.807) is 6.92 Å². The van der Waals surface area contributed by atoms with Gasteiger partial charge < -0.3 is 9.47 Å². The molecule has 0 spiro atoms. The number of alkyl halides is 1. The number of hydrogen-bond donors (Lipinski definition) is 0. The maximum atomic E-state index is 14.5. The summed E-state index contributed by atoms with van der Waals surface area (Å²) in [5.74, 6) is -0.509. The molecule has 106 valence electrons. The van der Waals surface area contributed by atoms with Crippen LogP contribution in [0.2, 0.25) is 0 Å². The Balaban J connectivity index is 2.06. The number of nitrogens with zero attached hydrogens (tertiary/aromatic N) is 5. The number of ether oxygens (including phenoxy) is 2. The summed E-state index contributed by atoms with van der Waals surface area (Å²) in [6.45, 7) is 1.61. The highest BCUT2D eigenvalue weighted by atomic mass is 19.1. The van der Waals surface area contributed by atoms with Crippen molar-refractivity contribution in [1.29, 1.82) is 0 Å². The Morgan fingerprint density at radius 2 is 2.55 bits per heavy atom. The molecule has 1 aromatic heterocycles. The molecular weight excluding hydrogens is 269 g/mol. The fourth-order valence-corrected chi connectivity index (χ4v) is 2.59. The van der Waals surface area contributed by atoms with Gasteiger partial charge in [0.2, 0.25) is 0 Å². The van der Waals surface area contributed by atoms with Crippen molar-refractivity contribution in [2.24, 2.45) is 11.0 Å². The summed E-state index contributed by atoms with van der Waals surface area (Å²) >= 11 is 0. The molecule has 0 saturated carbocycles. The molecule has 3 heterocycles. The number of fused-ring (bicyclic) bond motifs is 4. The second-order valence-corrected chi connectivity index (χ2v) is 4.94. The summed E-state index contributed by atoms with van der Waals surface area (Å²) in [7, 11) is 0. The molecule has 20 heavy (non-hydrogen) atoms. The van der Waals surface area contributed by atoms with Gasteiger partial charge in [-0.1, -0.05) is 12.0 Å². The first-order valence-corrected chi connectivity index (χ1v) is 6.12. The second kappa shape index (κ2) is 4.46. The van der Waals surface area contributed by atoms with E-state index in [9.17, 15) is 9.18 Å². The highest BCUT2D eigenvalue weighted by molar-refractivity contribution is 5.10. The third-order valence-electron chi connectivity index (χ3n) is 3.86. The zero-order valence-electron chi connectivity index (χ0n) is 10.6. The van der Waals surface area contributed by atoms with Crippen LogP contribution < -0.4 is 10.3 Å². The second-order valence-electron chi connectivity index (χ2n) is 4.94. The minimum absolute atomic E-state index is 0.0138. The van der Waals surface area contributed by atoms with E-state index >= 15 is 0 Å². The number of aromatic nitrogens is 2. The third kappa shape index (κ3) is 1.75. The lowest BCUT2D eigenvalue weighted by atomic mass is 9.88. The molecule has 0 aromatic carbocycles. The van der Waals surface area contributed by atoms with Crippen molar-refractivity contribution in [3.8, 4) is 6.01 Å². The van der Waals surface area contributed by atoms with Crippen LogP contribution >= 0.6 is 0 Å². The molecule has 0 amide bonds. The van der Waals surface area contributed by atoms with Crippen molar-refractivity contribution >= 4 is 0 Å². The van der Waals surface area contributed by atoms with E-state index in [1.165, 1.54) is 16.8 Å². The lowest BCUT2D eigenvalue weighted by molar-refractivity contribution is -0.0840. The van der Waals surface area contributed by atoms with Gasteiger partial charge in [-0.25, -0.2) is 4.39 Å². The Morgan fingerprint density at radius 3 is 3.30 bits per heavy atom. The van der Waals surface area contributed by atoms with Crippen molar-refractivity contribution < 1.29 is 13.9 Å². The highest BCUT2D eigenvalue weighted by Gasteiger charge is 2.56. The van der Waals surface area contributed by atoms with E-state index < -0.39 is 29.5 Å². The van der Waals surface area contributed by atoms with Crippen LogP contribution in [-0.4, -0.2) is 34.5 Å². The van der Waals surface area contributed by atoms with Crippen molar-refractivity contribution in [3.05, 3.63) is 33.1 Å². The zero-order valence-corrected chi connectivity index (χ0v) is 10.6. The average Bonchev–Trinajstić information content (AvgIpc) is 2.61. The Hall–Kier alpha value is -2.12. The third-order valence-corrected chi connectivity index (χ3v) is 3.86. The van der Waals surface area contributed by atoms with Gasteiger partial charge in [-0.2, -0.15) is 4.98 Å². The van der Waals surface area contributed by atoms with Gasteiger partial charge in [-0.3, -0.25) is 9.36 Å². The monoisotopic (exact) mass is 281 g/mol. The molecule has 1 aromatic rings. The maximum Gasteiger partial charge on any atom is 0.302 e. The van der Waals surface area contributed by atoms with Crippen molar-refractivity contribution in [1.82, 2.24) is 9.55 Å². The van der Waals surface area contributed by atoms with Gasteiger partial charge in [0.1, 0.15) is 12.2 Å². The lowest BCUT2D eigenvalue weighted by Gasteiger charge is -2.29. The molecule has 2 bridgehead atoms. The van der Waals surface area contributed by atoms with Crippen molar-refractivity contribution in [2.45, 2.75) is 24.9 Å². The van der Waals surface area contributed by atoms with Crippen molar-refractivity contribution in [3.63, 3.8) is 0 Å². The van der Waals surface area contributed by atoms with Crippen LogP contribution in [0.15, 0.2) is 22.2 Å². The predicted octanol–water partition coefficient (Wildman–Crippen LogP) is 1.19. The molecule has 8 nitrogen and oxygen atoms in total. The van der Waals surface area contributed by atoms with Gasteiger partial charge in [0.15, 0.2) is 12.4 Å². The quantitative estimate of drug-likeness (QED) is 0.461. The molecule has 0 N–H and O–H groups in total. The Morgan fingerprint density at radius 1 is 1.75 bits per heavy atom. The van der Waals surface area contributed by atoms with Crippen molar-refractivity contribution in [2.75, 3.05) is 13.2 Å². The topological polar surface area (TPSA) is 102 Å². The summed E-state index contributed by atoms with van der Waals surface area (Å²) in [5.41, 5.74) is 6.94. The maximum absolute atomic E-state index is 14.5. The fraction of sp³-hybridized carbons (Fsp3) is 0.636. The SMILES string of the molecule is C[C@H]1[C@@H](F)[C@H]2O[C@]1(CN=[N+]=[N-])COc1nc(=O)ccn12. The summed E-state index contributed by atoms with van der Waals surface area (Å²) < 4.78 is 27.0. The molecule has 9 heteroatoms. The molecule has 3 rings (SSSR count). The first kappa shape index (κ1) is 12.9. The van der Waals surface area contributed by atoms with Crippen LogP contribution in [0.5, 0.6) is 6.01 Å². The first-order valence-electron chi connectivity index (χ1n) is 6.12. The molecule has 4 atom stereocenters. The summed E-state index contributed by atoms with van der Waals surface area (Å²) in [4.78, 5) is 17.6. The van der Waals surface area contributed by atoms with Gasteiger partial charge in [0.05, 0.1) is 6.54 Å². The van der Waals surface area contributed by atoms with Crippen LogP contribution in [0.25, 0.3) is 10.4 Å². The van der Waals surface area contributed by atoms with E-state index in [-0.39, 0.29) is 19.2 Å². The minimum Gasteiger partial charge on any atom is -0.461 e. The standard InChI is InChI=1S/C11H12FN5O3/c1-6-8(12)9-17-3-2-7(18)15-10(17)19-5-11(6,20-9)4-14-16-13/h2-3,6,8-9H,4-5H2,1H3/t6-,8+,9+,11+/m0/s1. The van der Waals surface area contributed by atoms with E-state index in [2.05, 4.69) is 15.0 Å². The lowest BCUT2D eigenvalue weighted by Crippen LogP contribution is -2.45. The molecule has 0 unspecified atom stereocenters. The van der Waals surface area contributed by atoms with Gasteiger partial charge >= 0.3 is 6.01 Å². The van der Waals surface area contributed by atoms with Crippen LogP contribution in [0.1, 0.15) is 13.2 Å². The van der Waals surface area contributed by atoms with E-state index in [1.807, 2.05) is 0 Å².